The number of aryl methyl sites for hydroxylation is 1. The highest BCUT2D eigenvalue weighted by Gasteiger charge is 2.15. The van der Waals surface area contributed by atoms with Crippen LogP contribution in [0.25, 0.3) is 0 Å². The molecule has 2 unspecified atom stereocenters. The molecular formula is C19H34N2. The van der Waals surface area contributed by atoms with Crippen molar-refractivity contribution in [1.29, 1.82) is 0 Å². The molecule has 0 amide bonds. The van der Waals surface area contributed by atoms with Gasteiger partial charge in [0, 0.05) is 18.6 Å². The molecule has 0 fully saturated rings. The third kappa shape index (κ3) is 7.10. The van der Waals surface area contributed by atoms with E-state index in [0.717, 1.165) is 12.5 Å². The summed E-state index contributed by atoms with van der Waals surface area (Å²) in [6.45, 7) is 10.2. The second-order valence-electron chi connectivity index (χ2n) is 6.97. The fraction of sp³-hybridized carbons (Fsp3) is 0.684. The minimum atomic E-state index is 0.407. The average Bonchev–Trinajstić information content (AvgIpc) is 2.38. The Bertz CT molecular complexity index is 371. The van der Waals surface area contributed by atoms with E-state index in [1.165, 1.54) is 30.4 Å². The Morgan fingerprint density at radius 1 is 1.05 bits per heavy atom. The molecule has 1 rings (SSSR count). The summed E-state index contributed by atoms with van der Waals surface area (Å²) in [5.74, 6) is 0.724. The Hall–Kier alpha value is -0.860. The van der Waals surface area contributed by atoms with Crippen LogP contribution in [-0.4, -0.2) is 31.6 Å². The SMILES string of the molecule is CCCc1ccc(C(C)NC(CC(C)C)CN(C)C)cc1. The van der Waals surface area contributed by atoms with Crippen molar-refractivity contribution >= 4 is 0 Å². The standard InChI is InChI=1S/C19H34N2/c1-7-8-17-9-11-18(12-10-17)16(4)20-19(13-15(2)3)14-21(5)6/h9-12,15-16,19-20H,7-8,13-14H2,1-6H3. The first-order valence-corrected chi connectivity index (χ1v) is 8.42. The highest BCUT2D eigenvalue weighted by Crippen LogP contribution is 2.17. The second kappa shape index (κ2) is 9.22. The number of nitrogens with one attached hydrogen (secondary N) is 1. The molecule has 0 bridgehead atoms. The summed E-state index contributed by atoms with van der Waals surface area (Å²) in [5.41, 5.74) is 2.84. The van der Waals surface area contributed by atoms with Gasteiger partial charge in [-0.05, 0) is 50.9 Å². The first kappa shape index (κ1) is 18.2. The van der Waals surface area contributed by atoms with Crippen LogP contribution in [-0.2, 0) is 6.42 Å². The molecule has 2 heteroatoms. The van der Waals surface area contributed by atoms with E-state index in [0.29, 0.717) is 12.1 Å². The van der Waals surface area contributed by atoms with Gasteiger partial charge in [-0.1, -0.05) is 51.5 Å². The monoisotopic (exact) mass is 290 g/mol. The van der Waals surface area contributed by atoms with E-state index in [1.54, 1.807) is 0 Å². The third-order valence-electron chi connectivity index (χ3n) is 3.85. The first-order chi connectivity index (χ1) is 9.92. The zero-order valence-electron chi connectivity index (χ0n) is 14.8. The van der Waals surface area contributed by atoms with Gasteiger partial charge in [-0.15, -0.1) is 0 Å². The molecule has 0 saturated carbocycles. The van der Waals surface area contributed by atoms with Crippen LogP contribution in [0.4, 0.5) is 0 Å². The smallest absolute Gasteiger partial charge is 0.0294 e. The molecule has 120 valence electrons. The normalized spacial score (nSPS) is 14.7. The highest BCUT2D eigenvalue weighted by molar-refractivity contribution is 5.24. The van der Waals surface area contributed by atoms with Gasteiger partial charge in [-0.25, -0.2) is 0 Å². The van der Waals surface area contributed by atoms with E-state index in [1.807, 2.05) is 0 Å². The van der Waals surface area contributed by atoms with Crippen molar-refractivity contribution in [3.05, 3.63) is 35.4 Å². The van der Waals surface area contributed by atoms with E-state index < -0.39 is 0 Å². The lowest BCUT2D eigenvalue weighted by Crippen LogP contribution is -2.40. The average molecular weight is 290 g/mol. The van der Waals surface area contributed by atoms with Crippen molar-refractivity contribution < 1.29 is 0 Å². The fourth-order valence-electron chi connectivity index (χ4n) is 2.92. The predicted molar refractivity (Wildman–Crippen MR) is 93.8 cm³/mol. The zero-order chi connectivity index (χ0) is 15.8. The third-order valence-corrected chi connectivity index (χ3v) is 3.85. The molecule has 1 aromatic carbocycles. The van der Waals surface area contributed by atoms with Crippen LogP contribution in [0.2, 0.25) is 0 Å². The molecule has 0 saturated heterocycles. The van der Waals surface area contributed by atoms with Crippen molar-refractivity contribution in [2.75, 3.05) is 20.6 Å². The van der Waals surface area contributed by atoms with Gasteiger partial charge in [0.2, 0.25) is 0 Å². The lowest BCUT2D eigenvalue weighted by molar-refractivity contribution is 0.291. The summed E-state index contributed by atoms with van der Waals surface area (Å²) in [7, 11) is 4.30. The summed E-state index contributed by atoms with van der Waals surface area (Å²) in [6.07, 6.45) is 3.61. The fourth-order valence-corrected chi connectivity index (χ4v) is 2.92. The Labute approximate surface area is 131 Å². The Kier molecular flexibility index (Phi) is 7.98. The minimum Gasteiger partial charge on any atom is -0.308 e. The van der Waals surface area contributed by atoms with Gasteiger partial charge in [0.25, 0.3) is 0 Å². The van der Waals surface area contributed by atoms with E-state index in [-0.39, 0.29) is 0 Å². The molecule has 0 spiro atoms. The molecule has 1 N–H and O–H groups in total. The number of rotatable bonds is 9. The largest absolute Gasteiger partial charge is 0.308 e. The topological polar surface area (TPSA) is 15.3 Å². The summed E-state index contributed by atoms with van der Waals surface area (Å²) in [6, 6.07) is 10.1. The number of likely N-dealkylation sites (N-methyl/N-ethyl adjacent to an activating group) is 1. The Balaban J connectivity index is 2.64. The van der Waals surface area contributed by atoms with Crippen LogP contribution in [0.1, 0.15) is 57.7 Å². The maximum Gasteiger partial charge on any atom is 0.0294 e. The van der Waals surface area contributed by atoms with Gasteiger partial charge < -0.3 is 10.2 Å². The molecule has 0 radical (unpaired) electrons. The lowest BCUT2D eigenvalue weighted by atomic mass is 10.00. The first-order valence-electron chi connectivity index (χ1n) is 8.42. The molecule has 0 aliphatic carbocycles. The van der Waals surface area contributed by atoms with E-state index in [9.17, 15) is 0 Å². The summed E-state index contributed by atoms with van der Waals surface area (Å²) in [4.78, 5) is 2.27. The molecule has 1 aromatic rings. The minimum absolute atomic E-state index is 0.407. The molecule has 21 heavy (non-hydrogen) atoms. The van der Waals surface area contributed by atoms with Crippen LogP contribution in [0.3, 0.4) is 0 Å². The van der Waals surface area contributed by atoms with Crippen LogP contribution in [0, 0.1) is 5.92 Å². The number of hydrogen-bond acceptors (Lipinski definition) is 2. The maximum absolute atomic E-state index is 3.81. The molecule has 2 atom stereocenters. The van der Waals surface area contributed by atoms with Gasteiger partial charge in [-0.2, -0.15) is 0 Å². The molecule has 0 aliphatic rings. The van der Waals surface area contributed by atoms with Crippen molar-refractivity contribution in [2.24, 2.45) is 5.92 Å². The molecule has 2 nitrogen and oxygen atoms in total. The van der Waals surface area contributed by atoms with E-state index in [4.69, 9.17) is 0 Å². The van der Waals surface area contributed by atoms with Crippen LogP contribution in [0.5, 0.6) is 0 Å². The molecule has 0 heterocycles. The van der Waals surface area contributed by atoms with E-state index in [2.05, 4.69) is 76.3 Å². The van der Waals surface area contributed by atoms with Crippen molar-refractivity contribution in [1.82, 2.24) is 10.2 Å². The van der Waals surface area contributed by atoms with Gasteiger partial charge >= 0.3 is 0 Å². The summed E-state index contributed by atoms with van der Waals surface area (Å²) >= 11 is 0. The molecule has 0 aromatic heterocycles. The van der Waals surface area contributed by atoms with Gasteiger partial charge in [0.1, 0.15) is 0 Å². The van der Waals surface area contributed by atoms with Crippen molar-refractivity contribution in [3.63, 3.8) is 0 Å². The van der Waals surface area contributed by atoms with Crippen molar-refractivity contribution in [3.8, 4) is 0 Å². The summed E-state index contributed by atoms with van der Waals surface area (Å²) in [5, 5.41) is 3.81. The quantitative estimate of drug-likeness (QED) is 0.731. The molecule has 0 aliphatic heterocycles. The van der Waals surface area contributed by atoms with E-state index >= 15 is 0 Å². The highest BCUT2D eigenvalue weighted by atomic mass is 15.1. The van der Waals surface area contributed by atoms with Gasteiger partial charge in [0.15, 0.2) is 0 Å². The Morgan fingerprint density at radius 2 is 1.67 bits per heavy atom. The van der Waals surface area contributed by atoms with Gasteiger partial charge in [-0.3, -0.25) is 0 Å². The lowest BCUT2D eigenvalue weighted by Gasteiger charge is -2.27. The van der Waals surface area contributed by atoms with Crippen LogP contribution >= 0.6 is 0 Å². The Morgan fingerprint density at radius 3 is 2.14 bits per heavy atom. The zero-order valence-corrected chi connectivity index (χ0v) is 14.8. The van der Waals surface area contributed by atoms with Crippen LogP contribution < -0.4 is 5.32 Å². The number of hydrogen-bond donors (Lipinski definition) is 1. The van der Waals surface area contributed by atoms with Gasteiger partial charge in [0.05, 0.1) is 0 Å². The number of benzene rings is 1. The summed E-state index contributed by atoms with van der Waals surface area (Å²) < 4.78 is 0. The second-order valence-corrected chi connectivity index (χ2v) is 6.97. The predicted octanol–water partition coefficient (Wildman–Crippen LogP) is 4.27. The molecular weight excluding hydrogens is 256 g/mol. The van der Waals surface area contributed by atoms with Crippen LogP contribution in [0.15, 0.2) is 24.3 Å². The number of nitrogens with zero attached hydrogens (tertiary/aromatic N) is 1. The maximum atomic E-state index is 3.81. The van der Waals surface area contributed by atoms with Crippen molar-refractivity contribution in [2.45, 2.75) is 59.0 Å².